The maximum atomic E-state index is 12.0. The molecule has 0 bridgehead atoms. The van der Waals surface area contributed by atoms with Gasteiger partial charge < -0.3 is 6.74 Å². The van der Waals surface area contributed by atoms with Gasteiger partial charge in [0.15, 0.2) is 17.4 Å². The van der Waals surface area contributed by atoms with E-state index in [9.17, 15) is 44.7 Å². The van der Waals surface area contributed by atoms with E-state index >= 15 is 0 Å². The molecule has 0 aliphatic carbocycles. The van der Waals surface area contributed by atoms with Gasteiger partial charge in [-0.15, -0.1) is 0 Å². The van der Waals surface area contributed by atoms with Crippen LogP contribution >= 0.6 is 0 Å². The van der Waals surface area contributed by atoms with Crippen molar-refractivity contribution >= 4 is 29.2 Å². The minimum atomic E-state index is -4.91. The number of hydrogen-bond acceptors (Lipinski definition) is 3. The molecule has 0 radical (unpaired) electrons. The Labute approximate surface area is 142 Å². The second kappa shape index (κ2) is 7.05. The number of alkyl halides is 8. The van der Waals surface area contributed by atoms with E-state index in [-0.39, 0.29) is 37.6 Å². The third-order valence-electron chi connectivity index (χ3n) is 2.42. The zero-order chi connectivity index (χ0) is 16.0. The molecule has 0 aromatic heterocycles. The maximum Gasteiger partial charge on any atom is 1.00 e. The van der Waals surface area contributed by atoms with Crippen LogP contribution in [0.25, 0.3) is 0 Å². The first-order chi connectivity index (χ1) is 8.76. The largest absolute Gasteiger partial charge is 1.00 e. The van der Waals surface area contributed by atoms with Crippen molar-refractivity contribution < 1.29 is 65.0 Å². The van der Waals surface area contributed by atoms with Crippen molar-refractivity contribution in [2.45, 2.75) is 23.7 Å². The summed E-state index contributed by atoms with van der Waals surface area (Å²) in [5, 5.41) is 2.72. The van der Waals surface area contributed by atoms with Gasteiger partial charge in [-0.1, -0.05) is 0 Å². The van der Waals surface area contributed by atoms with Crippen molar-refractivity contribution in [3.05, 3.63) is 0 Å². The third-order valence-corrected chi connectivity index (χ3v) is 2.42. The average molecular weight is 352 g/mol. The first kappa shape index (κ1) is 23.9. The predicted octanol–water partition coefficient (Wildman–Crippen LogP) is -3.29. The molecule has 0 aromatic rings. The number of carbonyl (C=O) groups is 2. The Morgan fingerprint density at radius 2 is 1.05 bits per heavy atom. The molecule has 22 heavy (non-hydrogen) atoms. The number of amides is 2. The van der Waals surface area contributed by atoms with Gasteiger partial charge in [0.2, 0.25) is 0 Å². The van der Waals surface area contributed by atoms with Crippen LogP contribution in [0.2, 0.25) is 0 Å². The summed E-state index contributed by atoms with van der Waals surface area (Å²) in [5.74, 6) is -22.0. The fourth-order valence-electron chi connectivity index (χ4n) is 1.18. The first-order valence-electron chi connectivity index (χ1n) is 4.83. The average Bonchev–Trinajstić information content (AvgIpc) is 2.57. The van der Waals surface area contributed by atoms with Crippen molar-refractivity contribution in [2.24, 2.45) is 0 Å². The summed E-state index contributed by atoms with van der Waals surface area (Å²) < 4.78 is 95.6. The second-order valence-corrected chi connectivity index (χ2v) is 3.94. The molecule has 4 nitrogen and oxygen atoms in total. The third kappa shape index (κ3) is 3.95. The van der Waals surface area contributed by atoms with Crippen LogP contribution < -0.4 is 29.5 Å². The summed E-state index contributed by atoms with van der Waals surface area (Å²) in [7, 11) is 0. The van der Waals surface area contributed by atoms with Crippen molar-refractivity contribution in [3.8, 4) is 0 Å². The van der Waals surface area contributed by atoms with Crippen LogP contribution in [0.15, 0.2) is 0 Å². The van der Waals surface area contributed by atoms with Crippen LogP contribution in [0, 0.1) is 0 Å². The number of imide groups is 1. The fraction of sp³-hybridized carbons (Fsp3) is 0.750. The number of hydrogen-bond donors (Lipinski definition) is 2. The van der Waals surface area contributed by atoms with Crippen LogP contribution in [-0.2, 0) is 9.59 Å². The van der Waals surface area contributed by atoms with Crippen LogP contribution in [0.3, 0.4) is 0 Å². The number of nitrogens with one attached hydrogen (secondary N) is 2. The van der Waals surface area contributed by atoms with Gasteiger partial charge in [0.05, 0.1) is 13.1 Å². The zero-order valence-electron chi connectivity index (χ0n) is 11.3. The Balaban J connectivity index is -0.000000312. The van der Waals surface area contributed by atoms with Gasteiger partial charge in [-0.25, -0.2) is 0 Å². The van der Waals surface area contributed by atoms with E-state index in [1.165, 1.54) is 0 Å². The monoisotopic (exact) mass is 352 g/mol. The van der Waals surface area contributed by atoms with Gasteiger partial charge in [-0.2, -0.15) is 35.1 Å². The molecule has 2 N–H and O–H groups in total. The van der Waals surface area contributed by atoms with E-state index in [0.717, 1.165) is 5.32 Å². The van der Waals surface area contributed by atoms with Gasteiger partial charge in [0.25, 0.3) is 0 Å². The number of halogens is 8. The van der Waals surface area contributed by atoms with E-state index < -0.39 is 48.6 Å². The first-order valence-corrected chi connectivity index (χ1v) is 4.83. The van der Waals surface area contributed by atoms with Crippen LogP contribution in [0.4, 0.5) is 35.1 Å². The van der Waals surface area contributed by atoms with Crippen LogP contribution in [0.5, 0.6) is 0 Å². The summed E-state index contributed by atoms with van der Waals surface area (Å²) in [5.41, 5.74) is 0. The Kier molecular flexibility index (Phi) is 7.67. The Morgan fingerprint density at radius 3 is 1.14 bits per heavy atom. The summed E-state index contributed by atoms with van der Waals surface area (Å²) in [6.45, 7) is -1.83. The van der Waals surface area contributed by atoms with Crippen molar-refractivity contribution in [1.29, 1.82) is 0 Å². The Morgan fingerprint density at radius 1 is 0.773 bits per heavy atom. The number of carbonyl (C=O) groups excluding carboxylic acids is 2. The molecule has 2 heterocycles. The Hall–Kier alpha value is -0.330. The summed E-state index contributed by atoms with van der Waals surface area (Å²) in [4.78, 5) is 19.9. The molecule has 2 saturated heterocycles. The van der Waals surface area contributed by atoms with Gasteiger partial charge in [-0.3, -0.25) is 14.9 Å². The molecule has 2 fully saturated rings. The maximum absolute atomic E-state index is 12.0. The molecule has 0 spiro atoms. The molecule has 124 valence electrons. The van der Waals surface area contributed by atoms with Crippen LogP contribution in [-0.4, -0.2) is 66.0 Å². The molecular formula is C8H10AlF8LiN2O2. The van der Waals surface area contributed by atoms with Gasteiger partial charge >= 0.3 is 54.4 Å². The molecule has 0 aromatic carbocycles. The van der Waals surface area contributed by atoms with Gasteiger partial charge in [-0.05, 0) is 0 Å². The normalized spacial score (nSPS) is 26.0. The van der Waals surface area contributed by atoms with E-state index in [1.54, 1.807) is 0 Å². The van der Waals surface area contributed by atoms with Crippen LogP contribution in [0.1, 0.15) is 1.43 Å². The standard InChI is InChI=1S/C4HF4NO2.C4H5F4N.Al.Li.4H/c5-3(6)1(10)9-2(11)4(3,7)8;5-3(6)1-9-2-4(3,7)8;;;;;;/h(H,9,10,11);9H,1-2H2;;;;;;/q;;;+1;;;;-1. The minimum Gasteiger partial charge on any atom is -1.00 e. The summed E-state index contributed by atoms with van der Waals surface area (Å²) in [6, 6.07) is 0. The van der Waals surface area contributed by atoms with Gasteiger partial charge in [0, 0.05) is 0 Å². The number of rotatable bonds is 0. The van der Waals surface area contributed by atoms with E-state index in [4.69, 9.17) is 0 Å². The van der Waals surface area contributed by atoms with Crippen molar-refractivity contribution in [3.63, 3.8) is 0 Å². The van der Waals surface area contributed by atoms with Crippen molar-refractivity contribution in [1.82, 2.24) is 10.6 Å². The van der Waals surface area contributed by atoms with E-state index in [1.807, 2.05) is 5.32 Å². The van der Waals surface area contributed by atoms with E-state index in [0.29, 0.717) is 0 Å². The van der Waals surface area contributed by atoms with Crippen molar-refractivity contribution in [2.75, 3.05) is 13.1 Å². The molecule has 14 heteroatoms. The zero-order valence-corrected chi connectivity index (χ0v) is 10.3. The topological polar surface area (TPSA) is 58.2 Å². The molecule has 2 aliphatic rings. The molecule has 2 aliphatic heterocycles. The molecule has 2 amide bonds. The second-order valence-electron chi connectivity index (χ2n) is 3.94. The molecular weight excluding hydrogens is 342 g/mol. The molecule has 2 rings (SSSR count). The molecule has 0 saturated carbocycles. The predicted molar refractivity (Wildman–Crippen MR) is 56.9 cm³/mol. The minimum absolute atomic E-state index is 0. The molecule has 0 unspecified atom stereocenters. The SMILES string of the molecule is FC1(F)CNCC1(F)F.O=C1NC(=O)C(F)(F)C1(F)F.[AlH3].[H-].[Li+]. The summed E-state index contributed by atoms with van der Waals surface area (Å²) >= 11 is 0. The summed E-state index contributed by atoms with van der Waals surface area (Å²) in [6.07, 6.45) is 0. The smallest absolute Gasteiger partial charge is 1.00 e. The molecule has 0 atom stereocenters. The van der Waals surface area contributed by atoms with Gasteiger partial charge in [0.1, 0.15) is 0 Å². The Bertz CT molecular complexity index is 416. The quantitative estimate of drug-likeness (QED) is 0.273. The fourth-order valence-corrected chi connectivity index (χ4v) is 1.18. The van der Waals surface area contributed by atoms with E-state index in [2.05, 4.69) is 0 Å².